The van der Waals surface area contributed by atoms with E-state index in [1.165, 1.54) is 31.7 Å². The van der Waals surface area contributed by atoms with Crippen molar-refractivity contribution in [2.75, 3.05) is 5.32 Å². The molecule has 1 aliphatic carbocycles. The van der Waals surface area contributed by atoms with Gasteiger partial charge in [0.2, 0.25) is 0 Å². The number of aromatic hydroxyl groups is 2. The Hall–Kier alpha value is -2.17. The molecule has 0 saturated heterocycles. The zero-order valence-corrected chi connectivity index (χ0v) is 11.3. The Morgan fingerprint density at radius 3 is 2.80 bits per heavy atom. The van der Waals surface area contributed by atoms with Crippen LogP contribution in [-0.2, 0) is 6.54 Å². The second-order valence-electron chi connectivity index (χ2n) is 5.31. The zero-order chi connectivity index (χ0) is 13.9. The van der Waals surface area contributed by atoms with Crippen molar-refractivity contribution in [3.8, 4) is 11.5 Å². The molecule has 3 rings (SSSR count). The van der Waals surface area contributed by atoms with Crippen LogP contribution in [0.4, 0.5) is 5.69 Å². The van der Waals surface area contributed by atoms with Crippen LogP contribution in [0.3, 0.4) is 0 Å². The number of hydrogen-bond acceptors (Lipinski definition) is 4. The summed E-state index contributed by atoms with van der Waals surface area (Å²) in [4.78, 5) is 0. The first-order valence-corrected chi connectivity index (χ1v) is 7.01. The highest BCUT2D eigenvalue weighted by atomic mass is 16.3. The third-order valence-electron chi connectivity index (χ3n) is 3.85. The van der Waals surface area contributed by atoms with E-state index in [0.29, 0.717) is 12.6 Å². The van der Waals surface area contributed by atoms with E-state index in [-0.39, 0.29) is 11.5 Å². The molecule has 0 spiro atoms. The molecular formula is C15H19N3O2. The lowest BCUT2D eigenvalue weighted by Crippen LogP contribution is -2.04. The first-order chi connectivity index (χ1) is 9.72. The molecule has 1 aromatic carbocycles. The fourth-order valence-corrected chi connectivity index (χ4v) is 2.70. The number of rotatable bonds is 4. The van der Waals surface area contributed by atoms with Crippen molar-refractivity contribution in [2.45, 2.75) is 38.3 Å². The van der Waals surface area contributed by atoms with E-state index in [0.717, 1.165) is 11.3 Å². The average molecular weight is 273 g/mol. The monoisotopic (exact) mass is 273 g/mol. The van der Waals surface area contributed by atoms with Crippen LogP contribution in [0.1, 0.15) is 37.3 Å². The van der Waals surface area contributed by atoms with Crippen molar-refractivity contribution in [3.63, 3.8) is 0 Å². The molecular weight excluding hydrogens is 254 g/mol. The summed E-state index contributed by atoms with van der Waals surface area (Å²) in [6.07, 6.45) is 8.83. The SMILES string of the molecule is Oc1ccc(CNc2cnn(C3CCCC3)c2)c(O)c1. The molecule has 5 heteroatoms. The number of nitrogens with one attached hydrogen (secondary N) is 1. The number of hydrogen-bond donors (Lipinski definition) is 3. The highest BCUT2D eigenvalue weighted by molar-refractivity contribution is 5.44. The molecule has 0 amide bonds. The van der Waals surface area contributed by atoms with Gasteiger partial charge in [0.15, 0.2) is 0 Å². The molecule has 3 N–H and O–H groups in total. The quantitative estimate of drug-likeness (QED) is 0.801. The highest BCUT2D eigenvalue weighted by Gasteiger charge is 2.17. The Labute approximate surface area is 117 Å². The minimum atomic E-state index is 0.0697. The zero-order valence-electron chi connectivity index (χ0n) is 11.3. The Bertz CT molecular complexity index is 589. The van der Waals surface area contributed by atoms with Crippen molar-refractivity contribution in [1.82, 2.24) is 9.78 Å². The molecule has 1 saturated carbocycles. The van der Waals surface area contributed by atoms with Crippen LogP contribution in [0.25, 0.3) is 0 Å². The van der Waals surface area contributed by atoms with Crippen molar-refractivity contribution in [2.24, 2.45) is 0 Å². The van der Waals surface area contributed by atoms with Gasteiger partial charge < -0.3 is 15.5 Å². The number of phenolic OH excluding ortho intramolecular Hbond substituents is 2. The Balaban J connectivity index is 1.63. The number of benzene rings is 1. The molecule has 0 radical (unpaired) electrons. The summed E-state index contributed by atoms with van der Waals surface area (Å²) >= 11 is 0. The fraction of sp³-hybridized carbons (Fsp3) is 0.400. The van der Waals surface area contributed by atoms with Crippen molar-refractivity contribution in [3.05, 3.63) is 36.2 Å². The molecule has 1 aromatic heterocycles. The van der Waals surface area contributed by atoms with E-state index < -0.39 is 0 Å². The summed E-state index contributed by atoms with van der Waals surface area (Å²) in [7, 11) is 0. The van der Waals surface area contributed by atoms with Gasteiger partial charge in [-0.25, -0.2) is 0 Å². The smallest absolute Gasteiger partial charge is 0.124 e. The van der Waals surface area contributed by atoms with E-state index in [4.69, 9.17) is 0 Å². The lowest BCUT2D eigenvalue weighted by molar-refractivity contribution is 0.446. The summed E-state index contributed by atoms with van der Waals surface area (Å²) in [5.74, 6) is 0.168. The second kappa shape index (κ2) is 5.45. The molecule has 0 atom stereocenters. The van der Waals surface area contributed by atoms with Gasteiger partial charge in [0.25, 0.3) is 0 Å². The standard InChI is InChI=1S/C15H19N3O2/c19-14-6-5-11(15(20)7-14)8-16-12-9-17-18(10-12)13-3-1-2-4-13/h5-7,9-10,13,16,19-20H,1-4,8H2. The number of anilines is 1. The van der Waals surface area contributed by atoms with E-state index in [1.807, 2.05) is 17.1 Å². The largest absolute Gasteiger partial charge is 0.508 e. The summed E-state index contributed by atoms with van der Waals surface area (Å²) in [5, 5.41) is 26.6. The van der Waals surface area contributed by atoms with Gasteiger partial charge in [0, 0.05) is 24.4 Å². The van der Waals surface area contributed by atoms with Gasteiger partial charge in [0.05, 0.1) is 17.9 Å². The predicted octanol–water partition coefficient (Wildman–Crippen LogP) is 3.02. The second-order valence-corrected chi connectivity index (χ2v) is 5.31. The van der Waals surface area contributed by atoms with Crippen LogP contribution in [0.2, 0.25) is 0 Å². The van der Waals surface area contributed by atoms with E-state index in [1.54, 1.807) is 12.1 Å². The normalized spacial score (nSPS) is 15.6. The lowest BCUT2D eigenvalue weighted by atomic mass is 10.2. The first-order valence-electron chi connectivity index (χ1n) is 7.01. The van der Waals surface area contributed by atoms with E-state index in [2.05, 4.69) is 10.4 Å². The summed E-state index contributed by atoms with van der Waals surface area (Å²) < 4.78 is 2.03. The molecule has 20 heavy (non-hydrogen) atoms. The molecule has 5 nitrogen and oxygen atoms in total. The molecule has 1 fully saturated rings. The maximum atomic E-state index is 9.73. The van der Waals surface area contributed by atoms with Crippen molar-refractivity contribution in [1.29, 1.82) is 0 Å². The van der Waals surface area contributed by atoms with Gasteiger partial charge in [-0.1, -0.05) is 12.8 Å². The third-order valence-corrected chi connectivity index (χ3v) is 3.85. The molecule has 1 aliphatic rings. The predicted molar refractivity (Wildman–Crippen MR) is 76.8 cm³/mol. The Morgan fingerprint density at radius 1 is 1.25 bits per heavy atom. The van der Waals surface area contributed by atoms with Crippen LogP contribution in [0.5, 0.6) is 11.5 Å². The summed E-state index contributed by atoms with van der Waals surface area (Å²) in [6, 6.07) is 5.16. The lowest BCUT2D eigenvalue weighted by Gasteiger charge is -2.09. The number of nitrogens with zero attached hydrogens (tertiary/aromatic N) is 2. The number of phenols is 2. The van der Waals surface area contributed by atoms with E-state index in [9.17, 15) is 10.2 Å². The summed E-state index contributed by atoms with van der Waals surface area (Å²) in [6.45, 7) is 0.502. The minimum absolute atomic E-state index is 0.0697. The third kappa shape index (κ3) is 2.71. The van der Waals surface area contributed by atoms with Crippen molar-refractivity contribution < 1.29 is 10.2 Å². The molecule has 0 aliphatic heterocycles. The van der Waals surface area contributed by atoms with E-state index >= 15 is 0 Å². The van der Waals surface area contributed by atoms with Crippen LogP contribution < -0.4 is 5.32 Å². The topological polar surface area (TPSA) is 70.3 Å². The highest BCUT2D eigenvalue weighted by Crippen LogP contribution is 2.29. The fourth-order valence-electron chi connectivity index (χ4n) is 2.70. The van der Waals surface area contributed by atoms with Gasteiger partial charge in [-0.15, -0.1) is 0 Å². The van der Waals surface area contributed by atoms with Crippen LogP contribution >= 0.6 is 0 Å². The molecule has 2 aromatic rings. The van der Waals surface area contributed by atoms with Crippen LogP contribution in [0.15, 0.2) is 30.6 Å². The van der Waals surface area contributed by atoms with Crippen LogP contribution in [0, 0.1) is 0 Å². The Morgan fingerprint density at radius 2 is 2.05 bits per heavy atom. The molecule has 106 valence electrons. The maximum Gasteiger partial charge on any atom is 0.124 e. The number of aromatic nitrogens is 2. The minimum Gasteiger partial charge on any atom is -0.508 e. The van der Waals surface area contributed by atoms with Gasteiger partial charge >= 0.3 is 0 Å². The van der Waals surface area contributed by atoms with Gasteiger partial charge in [0.1, 0.15) is 11.5 Å². The van der Waals surface area contributed by atoms with Gasteiger partial charge in [-0.3, -0.25) is 4.68 Å². The van der Waals surface area contributed by atoms with Gasteiger partial charge in [-0.05, 0) is 25.0 Å². The molecule has 0 unspecified atom stereocenters. The average Bonchev–Trinajstić information content (AvgIpc) is 3.08. The maximum absolute atomic E-state index is 9.73. The Kier molecular flexibility index (Phi) is 3.50. The first kappa shape index (κ1) is 12.8. The van der Waals surface area contributed by atoms with Crippen LogP contribution in [-0.4, -0.2) is 20.0 Å². The van der Waals surface area contributed by atoms with Crippen molar-refractivity contribution >= 4 is 5.69 Å². The summed E-state index contributed by atoms with van der Waals surface area (Å²) in [5.41, 5.74) is 1.70. The van der Waals surface area contributed by atoms with Gasteiger partial charge in [-0.2, -0.15) is 5.10 Å². The molecule has 1 heterocycles. The molecule has 0 bridgehead atoms.